The van der Waals surface area contributed by atoms with Crippen LogP contribution in [0.4, 0.5) is 0 Å². The van der Waals surface area contributed by atoms with Gasteiger partial charge in [0.25, 0.3) is 0 Å². The van der Waals surface area contributed by atoms with Crippen molar-refractivity contribution in [3.8, 4) is 0 Å². The smallest absolute Gasteiger partial charge is 0.312 e. The van der Waals surface area contributed by atoms with E-state index in [0.29, 0.717) is 25.2 Å². The summed E-state index contributed by atoms with van der Waals surface area (Å²) in [6.07, 6.45) is 10.4. The Morgan fingerprint density at radius 3 is 2.22 bits per heavy atom. The molecule has 4 fully saturated rings. The number of hydrogen-bond donors (Lipinski definition) is 3. The number of aldehydes is 1. The van der Waals surface area contributed by atoms with Gasteiger partial charge < -0.3 is 20.1 Å². The average molecular weight is 505 g/mol. The minimum Gasteiger partial charge on any atom is -0.481 e. The molecule has 0 aromatic rings. The number of aliphatic carboxylic acids is 1. The Labute approximate surface area is 218 Å². The second-order valence-electron chi connectivity index (χ2n) is 15.0. The number of carbonyl (C=O) groups is 2. The highest BCUT2D eigenvalue weighted by atomic mass is 16.4. The SMILES string of the molecule is CC[C@]1(C)C[C@H](O)[C@@]2(C(=O)O)CCC(C)(C)CC2C1CCC1CCC[C@@H]2C1(C)CC[C@H](O)[C@]2(C)C=O. The minimum absolute atomic E-state index is 0.0203. The van der Waals surface area contributed by atoms with Crippen molar-refractivity contribution in [2.75, 3.05) is 0 Å². The van der Waals surface area contributed by atoms with Gasteiger partial charge in [0.05, 0.1) is 23.0 Å². The maximum Gasteiger partial charge on any atom is 0.312 e. The molecular weight excluding hydrogens is 452 g/mol. The van der Waals surface area contributed by atoms with Crippen molar-refractivity contribution in [2.24, 2.45) is 50.7 Å². The van der Waals surface area contributed by atoms with E-state index in [4.69, 9.17) is 0 Å². The Balaban J connectivity index is 1.65. The number of hydrogen-bond acceptors (Lipinski definition) is 4. The van der Waals surface area contributed by atoms with E-state index in [1.54, 1.807) is 0 Å². The molecule has 0 heterocycles. The van der Waals surface area contributed by atoms with Crippen molar-refractivity contribution < 1.29 is 24.9 Å². The number of fused-ring (bicyclic) bond motifs is 2. The van der Waals surface area contributed by atoms with Crippen LogP contribution in [0.5, 0.6) is 0 Å². The third kappa shape index (κ3) is 4.10. The van der Waals surface area contributed by atoms with E-state index in [0.717, 1.165) is 64.1 Å². The van der Waals surface area contributed by atoms with E-state index < -0.39 is 29.0 Å². The lowest BCUT2D eigenvalue weighted by atomic mass is 9.43. The van der Waals surface area contributed by atoms with Crippen LogP contribution in [0.25, 0.3) is 0 Å². The summed E-state index contributed by atoms with van der Waals surface area (Å²) >= 11 is 0. The summed E-state index contributed by atoms with van der Waals surface area (Å²) < 4.78 is 0. The highest BCUT2D eigenvalue weighted by Gasteiger charge is 2.64. The largest absolute Gasteiger partial charge is 0.481 e. The number of rotatable bonds is 6. The van der Waals surface area contributed by atoms with Crippen LogP contribution in [0.15, 0.2) is 0 Å². The van der Waals surface area contributed by atoms with Crippen molar-refractivity contribution in [2.45, 2.75) is 131 Å². The maximum atomic E-state index is 12.8. The Morgan fingerprint density at radius 2 is 1.61 bits per heavy atom. The zero-order valence-corrected chi connectivity index (χ0v) is 23.7. The summed E-state index contributed by atoms with van der Waals surface area (Å²) in [5, 5.41) is 32.7. The predicted octanol–water partition coefficient (Wildman–Crippen LogP) is 6.24. The lowest BCUT2D eigenvalue weighted by Gasteiger charge is -2.61. The van der Waals surface area contributed by atoms with E-state index in [1.165, 1.54) is 0 Å². The first-order valence-electron chi connectivity index (χ1n) is 14.8. The third-order valence-corrected chi connectivity index (χ3v) is 12.8. The minimum atomic E-state index is -1.03. The number of aliphatic hydroxyl groups excluding tert-OH is 2. The van der Waals surface area contributed by atoms with Crippen LogP contribution in [0.2, 0.25) is 0 Å². The van der Waals surface area contributed by atoms with Gasteiger partial charge >= 0.3 is 5.97 Å². The maximum absolute atomic E-state index is 12.8. The Bertz CT molecular complexity index is 854. The van der Waals surface area contributed by atoms with E-state index in [-0.39, 0.29) is 34.0 Å². The molecule has 0 amide bonds. The van der Waals surface area contributed by atoms with Gasteiger partial charge in [0.2, 0.25) is 0 Å². The molecule has 0 spiro atoms. The molecular formula is C31H52O5. The molecule has 0 radical (unpaired) electrons. The monoisotopic (exact) mass is 504 g/mol. The lowest BCUT2D eigenvalue weighted by molar-refractivity contribution is -0.202. The van der Waals surface area contributed by atoms with Gasteiger partial charge in [0.15, 0.2) is 0 Å². The molecule has 5 nitrogen and oxygen atoms in total. The Hall–Kier alpha value is -0.940. The third-order valence-electron chi connectivity index (χ3n) is 12.8. The first kappa shape index (κ1) is 28.1. The molecule has 0 aromatic heterocycles. The topological polar surface area (TPSA) is 94.8 Å². The van der Waals surface area contributed by atoms with Crippen molar-refractivity contribution in [3.05, 3.63) is 0 Å². The van der Waals surface area contributed by atoms with Crippen LogP contribution in [0.1, 0.15) is 119 Å². The molecule has 0 aromatic carbocycles. The zero-order valence-electron chi connectivity index (χ0n) is 23.7. The zero-order chi connectivity index (χ0) is 26.7. The standard InChI is InChI=1S/C31H52O5/c1-7-28(4)18-25(34)31(26(35)36)16-15-27(2,3)17-22(31)21(28)12-11-20-9-8-10-23-29(20,5)14-13-24(33)30(23,6)19-32/h19-25,33-34H,7-18H2,1-6H3,(H,35,36)/t20?,21?,22?,23-,24+,25+,28-,29?,30-,31-/m1/s1. The molecule has 4 rings (SSSR count). The fourth-order valence-electron chi connectivity index (χ4n) is 10.1. The van der Waals surface area contributed by atoms with Gasteiger partial charge in [0.1, 0.15) is 6.29 Å². The van der Waals surface area contributed by atoms with Gasteiger partial charge in [0, 0.05) is 0 Å². The Morgan fingerprint density at radius 1 is 0.917 bits per heavy atom. The number of aliphatic hydroxyl groups is 2. The predicted molar refractivity (Wildman–Crippen MR) is 141 cm³/mol. The van der Waals surface area contributed by atoms with Crippen LogP contribution >= 0.6 is 0 Å². The molecule has 0 aliphatic heterocycles. The van der Waals surface area contributed by atoms with Crippen LogP contribution in [0, 0.1) is 50.7 Å². The summed E-state index contributed by atoms with van der Waals surface area (Å²) in [4.78, 5) is 25.1. The first-order chi connectivity index (χ1) is 16.7. The molecule has 4 aliphatic carbocycles. The quantitative estimate of drug-likeness (QED) is 0.372. The summed E-state index contributed by atoms with van der Waals surface area (Å²) in [6, 6.07) is 0. The van der Waals surface area contributed by atoms with Crippen molar-refractivity contribution in [1.82, 2.24) is 0 Å². The van der Waals surface area contributed by atoms with Gasteiger partial charge in [-0.15, -0.1) is 0 Å². The van der Waals surface area contributed by atoms with Crippen molar-refractivity contribution in [1.29, 1.82) is 0 Å². The number of carboxylic acid groups (broad SMARTS) is 1. The molecule has 0 bridgehead atoms. The fourth-order valence-corrected chi connectivity index (χ4v) is 10.1. The van der Waals surface area contributed by atoms with E-state index in [9.17, 15) is 24.9 Å². The lowest BCUT2D eigenvalue weighted by Crippen LogP contribution is -2.62. The molecule has 4 aliphatic rings. The molecule has 10 atom stereocenters. The van der Waals surface area contributed by atoms with Crippen molar-refractivity contribution in [3.63, 3.8) is 0 Å². The summed E-state index contributed by atoms with van der Waals surface area (Å²) in [5.41, 5.74) is -1.67. The van der Waals surface area contributed by atoms with E-state index in [2.05, 4.69) is 34.6 Å². The summed E-state index contributed by atoms with van der Waals surface area (Å²) in [5.74, 6) is 0.117. The molecule has 36 heavy (non-hydrogen) atoms. The van der Waals surface area contributed by atoms with E-state index >= 15 is 0 Å². The highest BCUT2D eigenvalue weighted by molar-refractivity contribution is 5.76. The molecule has 206 valence electrons. The number of carboxylic acids is 1. The average Bonchev–Trinajstić information content (AvgIpc) is 2.81. The second-order valence-corrected chi connectivity index (χ2v) is 15.0. The van der Waals surface area contributed by atoms with Gasteiger partial charge in [-0.3, -0.25) is 4.79 Å². The van der Waals surface area contributed by atoms with Gasteiger partial charge in [-0.05, 0) is 104 Å². The Kier molecular flexibility index (Phi) is 7.30. The van der Waals surface area contributed by atoms with Crippen LogP contribution in [0.3, 0.4) is 0 Å². The molecule has 4 saturated carbocycles. The molecule has 0 saturated heterocycles. The van der Waals surface area contributed by atoms with Crippen LogP contribution in [-0.2, 0) is 9.59 Å². The first-order valence-corrected chi connectivity index (χ1v) is 14.8. The second kappa shape index (κ2) is 9.36. The van der Waals surface area contributed by atoms with Crippen LogP contribution in [-0.4, -0.2) is 39.8 Å². The number of carbonyl (C=O) groups excluding carboxylic acids is 1. The van der Waals surface area contributed by atoms with E-state index in [1.807, 2.05) is 6.92 Å². The fraction of sp³-hybridized carbons (Fsp3) is 0.935. The van der Waals surface area contributed by atoms with Crippen molar-refractivity contribution >= 4 is 12.3 Å². The van der Waals surface area contributed by atoms with Gasteiger partial charge in [-0.25, -0.2) is 0 Å². The van der Waals surface area contributed by atoms with Gasteiger partial charge in [-0.1, -0.05) is 54.4 Å². The highest BCUT2D eigenvalue weighted by Crippen LogP contribution is 2.65. The molecule has 5 heteroatoms. The van der Waals surface area contributed by atoms with Gasteiger partial charge in [-0.2, -0.15) is 0 Å². The molecule has 3 N–H and O–H groups in total. The summed E-state index contributed by atoms with van der Waals surface area (Å²) in [6.45, 7) is 13.4. The summed E-state index contributed by atoms with van der Waals surface area (Å²) in [7, 11) is 0. The normalized spacial score (nSPS) is 50.6. The molecule has 4 unspecified atom stereocenters. The van der Waals surface area contributed by atoms with Crippen LogP contribution < -0.4 is 0 Å².